The highest BCUT2D eigenvalue weighted by Gasteiger charge is 2.12. The van der Waals surface area contributed by atoms with Crippen LogP contribution in [0.1, 0.15) is 6.92 Å². The van der Waals surface area contributed by atoms with Gasteiger partial charge in [-0.2, -0.15) is 9.61 Å². The van der Waals surface area contributed by atoms with Crippen LogP contribution in [0, 0.1) is 0 Å². The van der Waals surface area contributed by atoms with Crippen molar-refractivity contribution in [3.8, 4) is 11.3 Å². The summed E-state index contributed by atoms with van der Waals surface area (Å²) >= 11 is 6.28. The van der Waals surface area contributed by atoms with Gasteiger partial charge < -0.3 is 10.4 Å². The zero-order valence-corrected chi connectivity index (χ0v) is 13.2. The highest BCUT2D eigenvalue weighted by Crippen LogP contribution is 2.28. The Bertz CT molecular complexity index is 818. The van der Waals surface area contributed by atoms with E-state index in [9.17, 15) is 5.11 Å². The molecule has 22 heavy (non-hydrogen) atoms. The van der Waals surface area contributed by atoms with E-state index in [4.69, 9.17) is 11.6 Å². The number of hydrogen-bond donors (Lipinski definition) is 2. The van der Waals surface area contributed by atoms with Crippen molar-refractivity contribution in [3.05, 3.63) is 41.6 Å². The Morgan fingerprint density at radius 1 is 1.41 bits per heavy atom. The first-order chi connectivity index (χ1) is 10.6. The lowest BCUT2D eigenvalue weighted by Crippen LogP contribution is -2.18. The first kappa shape index (κ1) is 14.9. The van der Waals surface area contributed by atoms with Gasteiger partial charge in [-0.15, -0.1) is 0 Å². The summed E-state index contributed by atoms with van der Waals surface area (Å²) in [4.78, 5) is 4.67. The number of rotatable bonds is 4. The number of hydrogen-bond acceptors (Lipinski definition) is 4. The molecule has 0 aliphatic carbocycles. The summed E-state index contributed by atoms with van der Waals surface area (Å²) in [7, 11) is 1.96. The minimum atomic E-state index is -0.455. The van der Waals surface area contributed by atoms with E-state index in [0.29, 0.717) is 11.6 Å². The van der Waals surface area contributed by atoms with Crippen LogP contribution in [0.4, 0.5) is 5.82 Å². The van der Waals surface area contributed by atoms with Gasteiger partial charge in [0.25, 0.3) is 0 Å². The van der Waals surface area contributed by atoms with E-state index >= 15 is 0 Å². The first-order valence-electron chi connectivity index (χ1n) is 7.08. The van der Waals surface area contributed by atoms with E-state index in [1.165, 1.54) is 0 Å². The van der Waals surface area contributed by atoms with E-state index in [0.717, 1.165) is 28.2 Å². The minimum absolute atomic E-state index is 0.431. The number of halogens is 1. The van der Waals surface area contributed by atoms with Gasteiger partial charge in [0.1, 0.15) is 13.7 Å². The van der Waals surface area contributed by atoms with E-state index in [1.807, 2.05) is 38.2 Å². The predicted octanol–water partition coefficient (Wildman–Crippen LogP) is 1.10. The van der Waals surface area contributed by atoms with Crippen LogP contribution in [0.3, 0.4) is 0 Å². The van der Waals surface area contributed by atoms with Crippen LogP contribution in [0.5, 0.6) is 0 Å². The zero-order chi connectivity index (χ0) is 15.7. The molecule has 2 N–H and O–H groups in total. The van der Waals surface area contributed by atoms with Gasteiger partial charge in [0.05, 0.1) is 11.8 Å². The van der Waals surface area contributed by atoms with Crippen molar-refractivity contribution < 1.29 is 5.11 Å². The Morgan fingerprint density at radius 3 is 2.91 bits per heavy atom. The lowest BCUT2D eigenvalue weighted by atomic mass is 10.0. The molecule has 0 spiro atoms. The smallest absolute Gasteiger partial charge is 0.151 e. The maximum atomic E-state index is 9.49. The third-order valence-corrected chi connectivity index (χ3v) is 3.71. The molecule has 3 rings (SSSR count). The Balaban J connectivity index is 2.15. The molecule has 5 nitrogen and oxygen atoms in total. The van der Waals surface area contributed by atoms with Gasteiger partial charge in [-0.3, -0.25) is 0 Å². The van der Waals surface area contributed by atoms with Gasteiger partial charge in [-0.25, -0.2) is 4.98 Å². The SMILES string of the molecule is Bc1cnn2c(NC[C@@H](C)O)cc(-c3ccccc3Cl)nc12. The molecule has 0 amide bonds. The average Bonchev–Trinajstić information content (AvgIpc) is 2.87. The number of aliphatic hydroxyl groups is 1. The Kier molecular flexibility index (Phi) is 4.05. The van der Waals surface area contributed by atoms with Crippen LogP contribution in [-0.4, -0.2) is 40.2 Å². The molecule has 0 unspecified atom stereocenters. The highest BCUT2D eigenvalue weighted by molar-refractivity contribution is 6.36. The number of aliphatic hydroxyl groups excluding tert-OH is 1. The second-order valence-electron chi connectivity index (χ2n) is 5.30. The fraction of sp³-hybridized carbons (Fsp3) is 0.200. The summed E-state index contributed by atoms with van der Waals surface area (Å²) in [6.45, 7) is 2.16. The molecule has 2 aromatic heterocycles. The molecule has 0 bridgehead atoms. The number of aromatic nitrogens is 3. The van der Waals surface area contributed by atoms with Crippen LogP contribution in [0.15, 0.2) is 36.5 Å². The Morgan fingerprint density at radius 2 is 2.18 bits per heavy atom. The van der Waals surface area contributed by atoms with Crippen molar-refractivity contribution >= 4 is 36.4 Å². The van der Waals surface area contributed by atoms with Crippen LogP contribution in [-0.2, 0) is 0 Å². The molecule has 2 heterocycles. The lowest BCUT2D eigenvalue weighted by molar-refractivity contribution is 0.208. The predicted molar refractivity (Wildman–Crippen MR) is 91.8 cm³/mol. The van der Waals surface area contributed by atoms with Crippen molar-refractivity contribution in [1.29, 1.82) is 0 Å². The fourth-order valence-electron chi connectivity index (χ4n) is 2.26. The maximum Gasteiger partial charge on any atom is 0.151 e. The molecule has 0 aliphatic heterocycles. The summed E-state index contributed by atoms with van der Waals surface area (Å²) in [6, 6.07) is 9.49. The van der Waals surface area contributed by atoms with Crippen molar-refractivity contribution in [1.82, 2.24) is 14.6 Å². The first-order valence-corrected chi connectivity index (χ1v) is 7.46. The molecule has 1 atom stereocenters. The van der Waals surface area contributed by atoms with Crippen molar-refractivity contribution in [2.24, 2.45) is 0 Å². The maximum absolute atomic E-state index is 9.49. The summed E-state index contributed by atoms with van der Waals surface area (Å²) in [5.74, 6) is 0.772. The molecule has 0 saturated heterocycles. The molecule has 0 radical (unpaired) electrons. The Labute approximate surface area is 134 Å². The summed E-state index contributed by atoms with van der Waals surface area (Å²) < 4.78 is 1.73. The highest BCUT2D eigenvalue weighted by atomic mass is 35.5. The second-order valence-corrected chi connectivity index (χ2v) is 5.71. The van der Waals surface area contributed by atoms with Crippen LogP contribution >= 0.6 is 11.6 Å². The normalized spacial score (nSPS) is 12.5. The van der Waals surface area contributed by atoms with Gasteiger partial charge in [0.2, 0.25) is 0 Å². The molecular weight excluding hydrogens is 298 g/mol. The van der Waals surface area contributed by atoms with E-state index in [2.05, 4.69) is 15.4 Å². The summed E-state index contributed by atoms with van der Waals surface area (Å²) in [6.07, 6.45) is 1.32. The standard InChI is InChI=1S/C15H16BClN4O/c1-9(22)7-18-14-6-13(10-4-2-3-5-12(10)17)20-15-11(16)8-19-21(14)15/h2-6,8-9,18,22H,7,16H2,1H3/t9-/m1/s1. The number of benzene rings is 1. The number of nitrogens with one attached hydrogen (secondary N) is 1. The quantitative estimate of drug-likeness (QED) is 0.708. The molecule has 7 heteroatoms. The third-order valence-electron chi connectivity index (χ3n) is 3.38. The molecule has 112 valence electrons. The summed E-state index contributed by atoms with van der Waals surface area (Å²) in [5, 5.41) is 17.7. The van der Waals surface area contributed by atoms with Gasteiger partial charge in [0, 0.05) is 29.4 Å². The second kappa shape index (κ2) is 5.98. The van der Waals surface area contributed by atoms with Crippen LogP contribution in [0.2, 0.25) is 5.02 Å². The Hall–Kier alpha value is -2.05. The number of anilines is 1. The van der Waals surface area contributed by atoms with Crippen molar-refractivity contribution in [2.45, 2.75) is 13.0 Å². The monoisotopic (exact) mass is 314 g/mol. The average molecular weight is 315 g/mol. The molecule has 1 aromatic carbocycles. The van der Waals surface area contributed by atoms with Crippen molar-refractivity contribution in [3.63, 3.8) is 0 Å². The number of fused-ring (bicyclic) bond motifs is 1. The van der Waals surface area contributed by atoms with Gasteiger partial charge in [-0.1, -0.05) is 29.8 Å². The summed E-state index contributed by atoms with van der Waals surface area (Å²) in [5.41, 5.74) is 3.39. The molecular formula is C15H16BClN4O. The van der Waals surface area contributed by atoms with Gasteiger partial charge >= 0.3 is 0 Å². The van der Waals surface area contributed by atoms with Crippen LogP contribution < -0.4 is 10.8 Å². The van der Waals surface area contributed by atoms with Crippen LogP contribution in [0.25, 0.3) is 16.9 Å². The zero-order valence-electron chi connectivity index (χ0n) is 12.4. The van der Waals surface area contributed by atoms with Crippen molar-refractivity contribution in [2.75, 3.05) is 11.9 Å². The third kappa shape index (κ3) is 2.80. The molecule has 3 aromatic rings. The molecule has 0 aliphatic rings. The largest absolute Gasteiger partial charge is 0.392 e. The van der Waals surface area contributed by atoms with Gasteiger partial charge in [0.15, 0.2) is 5.65 Å². The number of nitrogens with zero attached hydrogens (tertiary/aromatic N) is 3. The van der Waals surface area contributed by atoms with Gasteiger partial charge in [-0.05, 0) is 18.5 Å². The molecule has 0 saturated carbocycles. The molecule has 0 fully saturated rings. The van der Waals surface area contributed by atoms with E-state index in [-0.39, 0.29) is 0 Å². The topological polar surface area (TPSA) is 62.5 Å². The minimum Gasteiger partial charge on any atom is -0.392 e. The fourth-order valence-corrected chi connectivity index (χ4v) is 2.49. The lowest BCUT2D eigenvalue weighted by Gasteiger charge is -2.12. The van der Waals surface area contributed by atoms with E-state index < -0.39 is 6.10 Å². The van der Waals surface area contributed by atoms with E-state index in [1.54, 1.807) is 17.6 Å².